The Kier molecular flexibility index (Phi) is 2.83. The van der Waals surface area contributed by atoms with Crippen LogP contribution in [0.1, 0.15) is 6.42 Å². The van der Waals surface area contributed by atoms with Gasteiger partial charge in [0.2, 0.25) is 5.91 Å². The molecule has 0 bridgehead atoms. The smallest absolute Gasteiger partial charge is 0.227 e. The van der Waals surface area contributed by atoms with Gasteiger partial charge in [-0.25, -0.2) is 0 Å². The molecular formula is C11H9ClNO3-. The number of nitrogens with zero attached hydrogens (tertiary/aromatic N) is 1. The topological polar surface area (TPSA) is 60.4 Å². The van der Waals surface area contributed by atoms with Crippen molar-refractivity contribution in [3.8, 4) is 0 Å². The van der Waals surface area contributed by atoms with E-state index in [2.05, 4.69) is 0 Å². The van der Waals surface area contributed by atoms with E-state index in [1.54, 1.807) is 24.3 Å². The van der Waals surface area contributed by atoms with E-state index < -0.39 is 11.9 Å². The summed E-state index contributed by atoms with van der Waals surface area (Å²) in [4.78, 5) is 23.7. The molecule has 2 rings (SSSR count). The molecule has 16 heavy (non-hydrogen) atoms. The van der Waals surface area contributed by atoms with Crippen molar-refractivity contribution in [3.63, 3.8) is 0 Å². The Morgan fingerprint density at radius 1 is 1.38 bits per heavy atom. The van der Waals surface area contributed by atoms with Crippen molar-refractivity contribution in [3.05, 3.63) is 29.3 Å². The van der Waals surface area contributed by atoms with Gasteiger partial charge in [0.15, 0.2) is 0 Å². The Morgan fingerprint density at radius 3 is 2.50 bits per heavy atom. The molecule has 1 aliphatic heterocycles. The van der Waals surface area contributed by atoms with Crippen molar-refractivity contribution in [1.82, 2.24) is 0 Å². The summed E-state index contributed by atoms with van der Waals surface area (Å²) in [6, 6.07) is 6.71. The summed E-state index contributed by atoms with van der Waals surface area (Å²) < 4.78 is 0. The predicted molar refractivity (Wildman–Crippen MR) is 56.9 cm³/mol. The highest BCUT2D eigenvalue weighted by molar-refractivity contribution is 6.30. The van der Waals surface area contributed by atoms with E-state index >= 15 is 0 Å². The van der Waals surface area contributed by atoms with Gasteiger partial charge in [0, 0.05) is 35.6 Å². The molecule has 1 aliphatic rings. The number of carboxylic acid groups (broad SMARTS) is 1. The second-order valence-corrected chi connectivity index (χ2v) is 4.14. The molecule has 1 aromatic rings. The fourth-order valence-corrected chi connectivity index (χ4v) is 1.86. The van der Waals surface area contributed by atoms with E-state index in [1.165, 1.54) is 4.90 Å². The number of anilines is 1. The second-order valence-electron chi connectivity index (χ2n) is 3.70. The van der Waals surface area contributed by atoms with Gasteiger partial charge in [-0.05, 0) is 24.3 Å². The molecule has 0 N–H and O–H groups in total. The van der Waals surface area contributed by atoms with Gasteiger partial charge in [0.05, 0.1) is 0 Å². The van der Waals surface area contributed by atoms with Crippen LogP contribution in [0, 0.1) is 5.92 Å². The highest BCUT2D eigenvalue weighted by Crippen LogP contribution is 2.25. The van der Waals surface area contributed by atoms with Crippen molar-refractivity contribution in [1.29, 1.82) is 0 Å². The number of benzene rings is 1. The molecule has 1 fully saturated rings. The molecule has 1 amide bonds. The van der Waals surface area contributed by atoms with Crippen LogP contribution < -0.4 is 10.0 Å². The van der Waals surface area contributed by atoms with Crippen molar-refractivity contribution in [2.24, 2.45) is 5.92 Å². The summed E-state index contributed by atoms with van der Waals surface area (Å²) in [5, 5.41) is 11.2. The molecule has 1 heterocycles. The van der Waals surface area contributed by atoms with Crippen LogP contribution in [0.5, 0.6) is 0 Å². The van der Waals surface area contributed by atoms with Gasteiger partial charge >= 0.3 is 0 Å². The predicted octanol–water partition coefficient (Wildman–Crippen LogP) is 0.443. The van der Waals surface area contributed by atoms with E-state index in [4.69, 9.17) is 11.6 Å². The number of carbonyl (C=O) groups is 2. The minimum atomic E-state index is -1.18. The van der Waals surface area contributed by atoms with Crippen LogP contribution in [0.15, 0.2) is 24.3 Å². The molecule has 0 spiro atoms. The van der Waals surface area contributed by atoms with Gasteiger partial charge in [-0.3, -0.25) is 4.79 Å². The number of halogens is 1. The Bertz CT molecular complexity index is 429. The zero-order chi connectivity index (χ0) is 11.7. The van der Waals surface area contributed by atoms with Crippen molar-refractivity contribution in [2.45, 2.75) is 6.42 Å². The van der Waals surface area contributed by atoms with E-state index in [0.717, 1.165) is 0 Å². The first-order valence-corrected chi connectivity index (χ1v) is 5.22. The molecular weight excluding hydrogens is 230 g/mol. The molecule has 0 radical (unpaired) electrons. The number of hydrogen-bond donors (Lipinski definition) is 0. The van der Waals surface area contributed by atoms with Gasteiger partial charge in [0.1, 0.15) is 0 Å². The highest BCUT2D eigenvalue weighted by Gasteiger charge is 2.31. The highest BCUT2D eigenvalue weighted by atomic mass is 35.5. The number of carbonyl (C=O) groups excluding carboxylic acids is 2. The number of amides is 1. The Morgan fingerprint density at radius 2 is 2.00 bits per heavy atom. The monoisotopic (exact) mass is 238 g/mol. The van der Waals surface area contributed by atoms with Crippen molar-refractivity contribution >= 4 is 29.2 Å². The van der Waals surface area contributed by atoms with Crippen LogP contribution in [0.4, 0.5) is 5.69 Å². The summed E-state index contributed by atoms with van der Waals surface area (Å²) >= 11 is 5.73. The first kappa shape index (κ1) is 11.0. The Labute approximate surface area is 97.4 Å². The fraction of sp³-hybridized carbons (Fsp3) is 0.273. The van der Waals surface area contributed by atoms with Gasteiger partial charge in [-0.15, -0.1) is 0 Å². The number of rotatable bonds is 2. The SMILES string of the molecule is O=C([O-])[C@@H]1CC(=O)N(c2ccc(Cl)cc2)C1. The zero-order valence-electron chi connectivity index (χ0n) is 8.35. The van der Waals surface area contributed by atoms with Gasteiger partial charge in [0.25, 0.3) is 0 Å². The first-order valence-electron chi connectivity index (χ1n) is 4.84. The lowest BCUT2D eigenvalue weighted by molar-refractivity contribution is -0.310. The molecule has 5 heteroatoms. The van der Waals surface area contributed by atoms with Crippen molar-refractivity contribution in [2.75, 3.05) is 11.4 Å². The van der Waals surface area contributed by atoms with E-state index in [1.807, 2.05) is 0 Å². The average molecular weight is 239 g/mol. The van der Waals surface area contributed by atoms with Crippen LogP contribution in [0.3, 0.4) is 0 Å². The number of aliphatic carboxylic acids is 1. The third-order valence-electron chi connectivity index (χ3n) is 2.60. The molecule has 1 aromatic carbocycles. The van der Waals surface area contributed by atoms with Crippen LogP contribution in [0.25, 0.3) is 0 Å². The third kappa shape index (κ3) is 2.02. The van der Waals surface area contributed by atoms with Gasteiger partial charge < -0.3 is 14.8 Å². The molecule has 84 valence electrons. The van der Waals surface area contributed by atoms with E-state index in [9.17, 15) is 14.7 Å². The standard InChI is InChI=1S/C11H10ClNO3/c12-8-1-3-9(4-2-8)13-6-7(11(15)16)5-10(13)14/h1-4,7H,5-6H2,(H,15,16)/p-1/t7-/m1/s1. The van der Waals surface area contributed by atoms with Crippen LogP contribution in [-0.4, -0.2) is 18.4 Å². The maximum Gasteiger partial charge on any atom is 0.227 e. The second kappa shape index (κ2) is 4.14. The lowest BCUT2D eigenvalue weighted by Gasteiger charge is -2.17. The average Bonchev–Trinajstić information content (AvgIpc) is 2.62. The molecule has 4 nitrogen and oxygen atoms in total. The van der Waals surface area contributed by atoms with Crippen LogP contribution in [0.2, 0.25) is 5.02 Å². The summed E-state index contributed by atoms with van der Waals surface area (Å²) in [5.41, 5.74) is 0.665. The normalized spacial score (nSPS) is 20.2. The molecule has 0 aromatic heterocycles. The number of hydrogen-bond acceptors (Lipinski definition) is 3. The third-order valence-corrected chi connectivity index (χ3v) is 2.85. The van der Waals surface area contributed by atoms with Crippen LogP contribution in [-0.2, 0) is 9.59 Å². The molecule has 0 saturated carbocycles. The summed E-state index contributed by atoms with van der Waals surface area (Å²) in [6.45, 7) is 0.169. The molecule has 0 aliphatic carbocycles. The van der Waals surface area contributed by atoms with E-state index in [0.29, 0.717) is 10.7 Å². The minimum absolute atomic E-state index is 0.00492. The maximum atomic E-state index is 11.6. The van der Waals surface area contributed by atoms with Gasteiger partial charge in [-0.2, -0.15) is 0 Å². The van der Waals surface area contributed by atoms with Gasteiger partial charge in [-0.1, -0.05) is 11.6 Å². The van der Waals surface area contributed by atoms with E-state index in [-0.39, 0.29) is 18.9 Å². The van der Waals surface area contributed by atoms with Crippen molar-refractivity contribution < 1.29 is 14.7 Å². The Hall–Kier alpha value is -1.55. The lowest BCUT2D eigenvalue weighted by atomic mass is 10.1. The fourth-order valence-electron chi connectivity index (χ4n) is 1.74. The molecule has 0 unspecified atom stereocenters. The summed E-state index contributed by atoms with van der Waals surface area (Å²) in [7, 11) is 0. The zero-order valence-corrected chi connectivity index (χ0v) is 9.11. The lowest BCUT2D eigenvalue weighted by Crippen LogP contribution is -2.33. The minimum Gasteiger partial charge on any atom is -0.550 e. The Balaban J connectivity index is 2.20. The molecule has 1 atom stereocenters. The van der Waals surface area contributed by atoms with Crippen LogP contribution >= 0.6 is 11.6 Å². The largest absolute Gasteiger partial charge is 0.550 e. The maximum absolute atomic E-state index is 11.6. The quantitative estimate of drug-likeness (QED) is 0.751. The summed E-state index contributed by atoms with van der Waals surface area (Å²) in [5.74, 6) is -2.09. The number of carboxylic acids is 1. The first-order chi connectivity index (χ1) is 7.58. The molecule has 1 saturated heterocycles. The summed E-state index contributed by atoms with van der Waals surface area (Å²) in [6.07, 6.45) is 0.00492.